The number of halogens is 3. The molecule has 0 aromatic carbocycles. The average Bonchev–Trinajstić information content (AvgIpc) is 2.14. The van der Waals surface area contributed by atoms with Gasteiger partial charge in [0.05, 0.1) is 0 Å². The Balaban J connectivity index is 0.00000225. The molecule has 0 aliphatic rings. The minimum Gasteiger partial charge on any atom is -0.445 e. The summed E-state index contributed by atoms with van der Waals surface area (Å²) < 4.78 is 35.8. The number of hydrogen-bond donors (Lipinski definition) is 0. The Morgan fingerprint density at radius 2 is 2.06 bits per heavy atom. The van der Waals surface area contributed by atoms with Gasteiger partial charge in [0.15, 0.2) is 5.78 Å². The fourth-order valence-electron chi connectivity index (χ4n) is 1.06. The van der Waals surface area contributed by atoms with Gasteiger partial charge in [-0.2, -0.15) is 0 Å². The summed E-state index contributed by atoms with van der Waals surface area (Å²) in [6.45, 7) is -3.69. The minimum absolute atomic E-state index is 0. The van der Waals surface area contributed by atoms with Crippen molar-refractivity contribution < 1.29 is 69.1 Å². The van der Waals surface area contributed by atoms with Crippen LogP contribution in [-0.4, -0.2) is 17.7 Å². The topological polar surface area (TPSA) is 30.0 Å². The van der Waals surface area contributed by atoms with E-state index in [2.05, 4.69) is 4.98 Å². The standard InChI is InChI=1S/C9H8BF3NO.K/c1-7(15)9-6-14-5-3-8(9)2-4-10(11,12)13;/h2-6H,1H3;/q-1;+1/b4-2+;. The number of hydrogen-bond acceptors (Lipinski definition) is 2. The molecule has 1 aromatic heterocycles. The Bertz CT molecular complexity index is 406. The minimum atomic E-state index is -4.98. The summed E-state index contributed by atoms with van der Waals surface area (Å²) in [6.07, 6.45) is 3.49. The Morgan fingerprint density at radius 3 is 2.56 bits per heavy atom. The first-order chi connectivity index (χ1) is 6.90. The van der Waals surface area contributed by atoms with E-state index in [4.69, 9.17) is 0 Å². The zero-order valence-corrected chi connectivity index (χ0v) is 12.1. The van der Waals surface area contributed by atoms with Crippen LogP contribution in [0.4, 0.5) is 12.9 Å². The van der Waals surface area contributed by atoms with Crippen molar-refractivity contribution in [1.29, 1.82) is 0 Å². The second kappa shape index (κ2) is 6.71. The molecule has 0 bridgehead atoms. The largest absolute Gasteiger partial charge is 1.00 e. The first-order valence-electron chi connectivity index (χ1n) is 4.24. The molecule has 0 aliphatic carbocycles. The molecule has 1 rings (SSSR count). The molecule has 7 heteroatoms. The quantitative estimate of drug-likeness (QED) is 0.546. The third kappa shape index (κ3) is 5.40. The second-order valence-corrected chi connectivity index (χ2v) is 3.00. The summed E-state index contributed by atoms with van der Waals surface area (Å²) in [5.41, 5.74) is 0.422. The molecule has 1 heterocycles. The Morgan fingerprint density at radius 1 is 1.44 bits per heavy atom. The molecule has 0 saturated carbocycles. The van der Waals surface area contributed by atoms with E-state index in [-0.39, 0.29) is 74.3 Å². The first-order valence-corrected chi connectivity index (χ1v) is 4.24. The molecule has 1 aromatic rings. The van der Waals surface area contributed by atoms with Crippen molar-refractivity contribution in [3.05, 3.63) is 35.6 Å². The van der Waals surface area contributed by atoms with E-state index in [1.54, 1.807) is 0 Å². The van der Waals surface area contributed by atoms with Gasteiger partial charge in [-0.05, 0) is 18.6 Å². The van der Waals surface area contributed by atoms with E-state index in [1.807, 2.05) is 0 Å². The first kappa shape index (κ1) is 16.1. The third-order valence-electron chi connectivity index (χ3n) is 1.73. The number of rotatable bonds is 3. The van der Waals surface area contributed by atoms with E-state index in [0.29, 0.717) is 0 Å². The molecule has 0 saturated heterocycles. The maximum atomic E-state index is 11.9. The molecule has 2 nitrogen and oxygen atoms in total. The summed E-state index contributed by atoms with van der Waals surface area (Å²) in [5.74, 6) is -0.153. The van der Waals surface area contributed by atoms with E-state index in [1.165, 1.54) is 25.4 Å². The maximum Gasteiger partial charge on any atom is 1.00 e. The average molecular weight is 253 g/mol. The zero-order valence-electron chi connectivity index (χ0n) is 8.95. The molecule has 0 atom stereocenters. The zero-order chi connectivity index (χ0) is 11.5. The van der Waals surface area contributed by atoms with Crippen molar-refractivity contribution in [3.63, 3.8) is 0 Å². The fraction of sp³-hybridized carbons (Fsp3) is 0.111. The van der Waals surface area contributed by atoms with Crippen molar-refractivity contribution in [2.75, 3.05) is 0 Å². The van der Waals surface area contributed by atoms with E-state index in [0.717, 1.165) is 6.08 Å². The number of pyridine rings is 1. The molecule has 0 unspecified atom stereocenters. The molecule has 0 radical (unpaired) electrons. The van der Waals surface area contributed by atoms with Crippen molar-refractivity contribution in [2.24, 2.45) is 0 Å². The van der Waals surface area contributed by atoms with Crippen LogP contribution in [0.5, 0.6) is 0 Å². The molecular weight excluding hydrogens is 245 g/mol. The summed E-state index contributed by atoms with van der Waals surface area (Å²) in [4.78, 5) is 14.7. The summed E-state index contributed by atoms with van der Waals surface area (Å²) in [7, 11) is 0. The van der Waals surface area contributed by atoms with E-state index >= 15 is 0 Å². The third-order valence-corrected chi connectivity index (χ3v) is 1.73. The fourth-order valence-corrected chi connectivity index (χ4v) is 1.06. The van der Waals surface area contributed by atoms with Gasteiger partial charge >= 0.3 is 58.4 Å². The smallest absolute Gasteiger partial charge is 0.445 e. The van der Waals surface area contributed by atoms with Gasteiger partial charge in [0.2, 0.25) is 0 Å². The maximum absolute atomic E-state index is 11.9. The van der Waals surface area contributed by atoms with Crippen LogP contribution in [0.1, 0.15) is 22.8 Å². The van der Waals surface area contributed by atoms with Crippen LogP contribution in [-0.2, 0) is 0 Å². The Hall–Kier alpha value is 0.0513. The van der Waals surface area contributed by atoms with Gasteiger partial charge < -0.3 is 12.9 Å². The molecule has 80 valence electrons. The Kier molecular flexibility index (Phi) is 6.73. The van der Waals surface area contributed by atoms with Crippen LogP contribution >= 0.6 is 0 Å². The number of Topliss-reactive ketones (excluding diaryl/α,β-unsaturated/α-hetero) is 1. The summed E-state index contributed by atoms with van der Waals surface area (Å²) >= 11 is 0. The van der Waals surface area contributed by atoms with Gasteiger partial charge in [0.1, 0.15) is 0 Å². The molecule has 0 amide bonds. The van der Waals surface area contributed by atoms with Gasteiger partial charge in [0.25, 0.3) is 0 Å². The molecule has 0 fully saturated rings. The van der Waals surface area contributed by atoms with Crippen molar-refractivity contribution >= 4 is 18.8 Å². The van der Waals surface area contributed by atoms with Gasteiger partial charge in [-0.15, -0.1) is 5.98 Å². The number of nitrogens with zero attached hydrogens (tertiary/aromatic N) is 1. The number of aromatic nitrogens is 1. The van der Waals surface area contributed by atoms with Crippen molar-refractivity contribution in [3.8, 4) is 0 Å². The van der Waals surface area contributed by atoms with E-state index in [9.17, 15) is 17.7 Å². The summed E-state index contributed by atoms with van der Waals surface area (Å²) in [5, 5.41) is 0. The predicted octanol–water partition coefficient (Wildman–Crippen LogP) is -0.312. The van der Waals surface area contributed by atoms with E-state index < -0.39 is 6.98 Å². The monoisotopic (exact) mass is 253 g/mol. The predicted molar refractivity (Wildman–Crippen MR) is 52.4 cm³/mol. The molecule has 16 heavy (non-hydrogen) atoms. The van der Waals surface area contributed by atoms with Crippen LogP contribution in [0.15, 0.2) is 24.4 Å². The van der Waals surface area contributed by atoms with Gasteiger partial charge in [-0.1, -0.05) is 6.08 Å². The summed E-state index contributed by atoms with van der Waals surface area (Å²) in [6, 6.07) is 1.37. The SMILES string of the molecule is CC(=O)c1cnccc1/C=C/[B-](F)(F)F.[K+]. The van der Waals surface area contributed by atoms with Crippen LogP contribution in [0.3, 0.4) is 0 Å². The Labute approximate surface area is 134 Å². The van der Waals surface area contributed by atoms with Crippen molar-refractivity contribution in [1.82, 2.24) is 4.98 Å². The number of carbonyl (C=O) groups is 1. The second-order valence-electron chi connectivity index (χ2n) is 3.00. The van der Waals surface area contributed by atoms with Gasteiger partial charge in [-0.25, -0.2) is 0 Å². The van der Waals surface area contributed by atoms with Crippen LogP contribution in [0.25, 0.3) is 6.08 Å². The van der Waals surface area contributed by atoms with Crippen LogP contribution in [0, 0.1) is 0 Å². The van der Waals surface area contributed by atoms with Gasteiger partial charge in [-0.3, -0.25) is 9.78 Å². The molecule has 0 aliphatic heterocycles. The molecular formula is C9H8BF3KNO. The van der Waals surface area contributed by atoms with Crippen LogP contribution in [0.2, 0.25) is 0 Å². The molecule has 0 spiro atoms. The normalized spacial score (nSPS) is 11.2. The molecule has 0 N–H and O–H groups in total. The van der Waals surface area contributed by atoms with Crippen molar-refractivity contribution in [2.45, 2.75) is 6.92 Å². The number of carbonyl (C=O) groups excluding carboxylic acids is 1. The number of ketones is 1. The van der Waals surface area contributed by atoms with Gasteiger partial charge in [0, 0.05) is 18.0 Å². The van der Waals surface area contributed by atoms with Crippen LogP contribution < -0.4 is 51.4 Å².